The molecule has 0 heterocycles. The lowest BCUT2D eigenvalue weighted by Gasteiger charge is -2.06. The number of nitriles is 1. The lowest BCUT2D eigenvalue weighted by atomic mass is 9.76. The van der Waals surface area contributed by atoms with Crippen molar-refractivity contribution in [3.63, 3.8) is 0 Å². The predicted molar refractivity (Wildman–Crippen MR) is 50.5 cm³/mol. The van der Waals surface area contributed by atoms with Gasteiger partial charge in [-0.25, -0.2) is 0 Å². The molecule has 66 valence electrons. The van der Waals surface area contributed by atoms with Crippen LogP contribution in [0.3, 0.4) is 0 Å². The average molecular weight is 175 g/mol. The second-order valence-electron chi connectivity index (χ2n) is 3.01. The maximum Gasteiger partial charge on any atom is 0.488 e. The Morgan fingerprint density at radius 2 is 1.85 bits per heavy atom. The first kappa shape index (κ1) is 9.78. The summed E-state index contributed by atoms with van der Waals surface area (Å²) in [6.07, 6.45) is 0. The number of hydrogen-bond donors (Lipinski definition) is 2. The molecule has 0 unspecified atom stereocenters. The summed E-state index contributed by atoms with van der Waals surface area (Å²) in [4.78, 5) is 0. The highest BCUT2D eigenvalue weighted by atomic mass is 16.4. The second-order valence-corrected chi connectivity index (χ2v) is 3.01. The van der Waals surface area contributed by atoms with E-state index < -0.39 is 7.12 Å². The van der Waals surface area contributed by atoms with Crippen molar-refractivity contribution in [2.45, 2.75) is 13.8 Å². The largest absolute Gasteiger partial charge is 0.488 e. The van der Waals surface area contributed by atoms with E-state index in [-0.39, 0.29) is 0 Å². The van der Waals surface area contributed by atoms with Crippen LogP contribution in [0.5, 0.6) is 0 Å². The standard InChI is InChI=1S/C9H10BNO2/c1-6-4-9(10(12)13)7(2)3-8(6)5-11/h3-4,12-13H,1-2H3. The molecule has 1 aromatic rings. The van der Waals surface area contributed by atoms with E-state index in [9.17, 15) is 0 Å². The molecule has 0 amide bonds. The topological polar surface area (TPSA) is 64.2 Å². The molecule has 0 radical (unpaired) electrons. The summed E-state index contributed by atoms with van der Waals surface area (Å²) in [6, 6.07) is 5.32. The molecule has 0 saturated carbocycles. The van der Waals surface area contributed by atoms with Gasteiger partial charge in [0.15, 0.2) is 0 Å². The Kier molecular flexibility index (Phi) is 2.71. The summed E-state index contributed by atoms with van der Waals surface area (Å²) < 4.78 is 0. The molecular weight excluding hydrogens is 165 g/mol. The molecule has 0 bridgehead atoms. The van der Waals surface area contributed by atoms with Gasteiger partial charge < -0.3 is 10.0 Å². The maximum absolute atomic E-state index is 8.97. The molecule has 0 saturated heterocycles. The van der Waals surface area contributed by atoms with Crippen LogP contribution >= 0.6 is 0 Å². The summed E-state index contributed by atoms with van der Waals surface area (Å²) >= 11 is 0. The zero-order chi connectivity index (χ0) is 10.0. The highest BCUT2D eigenvalue weighted by Crippen LogP contribution is 2.07. The molecule has 0 atom stereocenters. The van der Waals surface area contributed by atoms with Crippen LogP contribution in [0, 0.1) is 25.2 Å². The van der Waals surface area contributed by atoms with Crippen molar-refractivity contribution in [2.75, 3.05) is 0 Å². The van der Waals surface area contributed by atoms with Crippen LogP contribution in [-0.2, 0) is 0 Å². The lowest BCUT2D eigenvalue weighted by molar-refractivity contribution is 0.425. The van der Waals surface area contributed by atoms with E-state index in [2.05, 4.69) is 0 Å². The van der Waals surface area contributed by atoms with Gasteiger partial charge in [0.05, 0.1) is 11.6 Å². The van der Waals surface area contributed by atoms with Crippen LogP contribution in [0.1, 0.15) is 16.7 Å². The van der Waals surface area contributed by atoms with Crippen molar-refractivity contribution in [2.24, 2.45) is 0 Å². The van der Waals surface area contributed by atoms with Gasteiger partial charge in [0.1, 0.15) is 0 Å². The lowest BCUT2D eigenvalue weighted by Crippen LogP contribution is -2.32. The fourth-order valence-electron chi connectivity index (χ4n) is 1.24. The molecule has 0 aliphatic rings. The summed E-state index contributed by atoms with van der Waals surface area (Å²) in [7, 11) is -1.47. The monoisotopic (exact) mass is 175 g/mol. The molecule has 0 aliphatic heterocycles. The van der Waals surface area contributed by atoms with Crippen LogP contribution in [0.4, 0.5) is 0 Å². The van der Waals surface area contributed by atoms with E-state index in [0.29, 0.717) is 11.0 Å². The minimum absolute atomic E-state index is 0.455. The number of benzene rings is 1. The van der Waals surface area contributed by atoms with Gasteiger partial charge in [-0.1, -0.05) is 11.6 Å². The predicted octanol–water partition coefficient (Wildman–Crippen LogP) is -0.145. The van der Waals surface area contributed by atoms with E-state index in [1.807, 2.05) is 6.07 Å². The Morgan fingerprint density at radius 1 is 1.23 bits per heavy atom. The van der Waals surface area contributed by atoms with Gasteiger partial charge >= 0.3 is 7.12 Å². The fourth-order valence-corrected chi connectivity index (χ4v) is 1.24. The van der Waals surface area contributed by atoms with Gasteiger partial charge in [-0.2, -0.15) is 5.26 Å². The Bertz CT molecular complexity index is 369. The summed E-state index contributed by atoms with van der Waals surface area (Å²) in [6.45, 7) is 3.51. The normalized spacial score (nSPS) is 9.46. The molecule has 0 spiro atoms. The van der Waals surface area contributed by atoms with Crippen molar-refractivity contribution in [3.05, 3.63) is 28.8 Å². The van der Waals surface area contributed by atoms with Crippen LogP contribution < -0.4 is 5.46 Å². The number of hydrogen-bond acceptors (Lipinski definition) is 3. The SMILES string of the molecule is Cc1cc(B(O)O)c(C)cc1C#N. The van der Waals surface area contributed by atoms with Gasteiger partial charge in [0.2, 0.25) is 0 Å². The quantitative estimate of drug-likeness (QED) is 0.583. The smallest absolute Gasteiger partial charge is 0.423 e. The molecule has 3 nitrogen and oxygen atoms in total. The van der Waals surface area contributed by atoms with Gasteiger partial charge in [-0.3, -0.25) is 0 Å². The molecule has 2 N–H and O–H groups in total. The number of nitrogens with zero attached hydrogens (tertiary/aromatic N) is 1. The van der Waals surface area contributed by atoms with Gasteiger partial charge in [0, 0.05) is 0 Å². The van der Waals surface area contributed by atoms with Crippen molar-refractivity contribution >= 4 is 12.6 Å². The first-order chi connectivity index (χ1) is 6.06. The third-order valence-corrected chi connectivity index (χ3v) is 2.01. The molecule has 0 fully saturated rings. The zero-order valence-electron chi connectivity index (χ0n) is 7.57. The summed E-state index contributed by atoms with van der Waals surface area (Å²) in [5.74, 6) is 0. The Labute approximate surface area is 77.4 Å². The van der Waals surface area contributed by atoms with E-state index in [4.69, 9.17) is 15.3 Å². The molecule has 1 rings (SSSR count). The molecule has 4 heteroatoms. The van der Waals surface area contributed by atoms with Crippen LogP contribution in [0.25, 0.3) is 0 Å². The highest BCUT2D eigenvalue weighted by molar-refractivity contribution is 6.59. The van der Waals surface area contributed by atoms with Gasteiger partial charge in [-0.15, -0.1) is 0 Å². The van der Waals surface area contributed by atoms with Crippen LogP contribution in [-0.4, -0.2) is 17.2 Å². The molecule has 0 aliphatic carbocycles. The third-order valence-electron chi connectivity index (χ3n) is 2.01. The van der Waals surface area contributed by atoms with E-state index in [0.717, 1.165) is 11.1 Å². The van der Waals surface area contributed by atoms with Crippen molar-refractivity contribution in [1.29, 1.82) is 5.26 Å². The van der Waals surface area contributed by atoms with Crippen molar-refractivity contribution < 1.29 is 10.0 Å². The second kappa shape index (κ2) is 3.61. The van der Waals surface area contributed by atoms with Crippen LogP contribution in [0.2, 0.25) is 0 Å². The van der Waals surface area contributed by atoms with Gasteiger partial charge in [0.25, 0.3) is 0 Å². The third kappa shape index (κ3) is 1.89. The van der Waals surface area contributed by atoms with E-state index in [1.54, 1.807) is 26.0 Å². The van der Waals surface area contributed by atoms with E-state index in [1.165, 1.54) is 0 Å². The van der Waals surface area contributed by atoms with E-state index >= 15 is 0 Å². The van der Waals surface area contributed by atoms with Crippen molar-refractivity contribution in [1.82, 2.24) is 0 Å². The van der Waals surface area contributed by atoms with Gasteiger partial charge in [-0.05, 0) is 30.9 Å². The minimum Gasteiger partial charge on any atom is -0.423 e. The van der Waals surface area contributed by atoms with Crippen molar-refractivity contribution in [3.8, 4) is 6.07 Å². The average Bonchev–Trinajstić information content (AvgIpc) is 2.07. The zero-order valence-corrected chi connectivity index (χ0v) is 7.57. The Balaban J connectivity index is 3.31. The summed E-state index contributed by atoms with van der Waals surface area (Å²) in [5.41, 5.74) is 2.51. The Morgan fingerprint density at radius 3 is 2.31 bits per heavy atom. The fraction of sp³-hybridized carbons (Fsp3) is 0.222. The number of rotatable bonds is 1. The first-order valence-electron chi connectivity index (χ1n) is 3.93. The Hall–Kier alpha value is -1.31. The first-order valence-corrected chi connectivity index (χ1v) is 3.93. The van der Waals surface area contributed by atoms with Crippen LogP contribution in [0.15, 0.2) is 12.1 Å². The maximum atomic E-state index is 8.97. The number of aryl methyl sites for hydroxylation is 2. The summed E-state index contributed by atoms with van der Waals surface area (Å²) in [5, 5.41) is 26.6. The minimum atomic E-state index is -1.47. The molecular formula is C9H10BNO2. The highest BCUT2D eigenvalue weighted by Gasteiger charge is 2.15. The molecule has 1 aromatic carbocycles. The molecule has 0 aromatic heterocycles. The molecule has 13 heavy (non-hydrogen) atoms.